The van der Waals surface area contributed by atoms with Crippen molar-refractivity contribution >= 4 is 5.91 Å². The van der Waals surface area contributed by atoms with Crippen molar-refractivity contribution in [3.05, 3.63) is 0 Å². The lowest BCUT2D eigenvalue weighted by atomic mass is 9.61. The Labute approximate surface area is 145 Å². The van der Waals surface area contributed by atoms with E-state index in [1.807, 2.05) is 0 Å². The third-order valence-corrected chi connectivity index (χ3v) is 4.58. The molecule has 0 saturated carbocycles. The molecule has 0 aliphatic carbocycles. The van der Waals surface area contributed by atoms with Crippen LogP contribution >= 0.6 is 0 Å². The molecule has 0 aliphatic heterocycles. The van der Waals surface area contributed by atoms with Gasteiger partial charge in [0.25, 0.3) is 0 Å². The second-order valence-corrected chi connectivity index (χ2v) is 8.82. The smallest absolute Gasteiger partial charge is 0.226 e. The van der Waals surface area contributed by atoms with Crippen LogP contribution in [0.15, 0.2) is 0 Å². The van der Waals surface area contributed by atoms with Gasteiger partial charge in [-0.2, -0.15) is 0 Å². The van der Waals surface area contributed by atoms with Crippen LogP contribution in [0.3, 0.4) is 0 Å². The predicted molar refractivity (Wildman–Crippen MR) is 92.4 cm³/mol. The molecule has 0 saturated heterocycles. The van der Waals surface area contributed by atoms with Gasteiger partial charge >= 0.3 is 0 Å². The maximum absolute atomic E-state index is 12.8. The van der Waals surface area contributed by atoms with Gasteiger partial charge < -0.3 is 22.6 Å². The second-order valence-electron chi connectivity index (χ2n) is 8.82. The maximum Gasteiger partial charge on any atom is 0.226 e. The standard InChI is InChI=1S/C18H38N2O.ClH/c1-10-20(9)13-11-12-19-15(21)18(8,17(5,6)7)14-16(2,3)4;/h10-14H2,1-9H3,(H,19,21);1H/p-1. The Bertz CT molecular complexity index is 331. The largest absolute Gasteiger partial charge is 1.00 e. The van der Waals surface area contributed by atoms with Gasteiger partial charge in [-0.15, -0.1) is 0 Å². The van der Waals surface area contributed by atoms with E-state index < -0.39 is 0 Å². The fourth-order valence-electron chi connectivity index (χ4n) is 2.65. The molecule has 0 heterocycles. The summed E-state index contributed by atoms with van der Waals surface area (Å²) in [6.07, 6.45) is 1.90. The van der Waals surface area contributed by atoms with Gasteiger partial charge in [-0.25, -0.2) is 0 Å². The summed E-state index contributed by atoms with van der Waals surface area (Å²) in [6.45, 7) is 20.3. The molecule has 3 nitrogen and oxygen atoms in total. The number of amides is 1. The molecule has 0 radical (unpaired) electrons. The van der Waals surface area contributed by atoms with Crippen LogP contribution in [0.25, 0.3) is 0 Å². The topological polar surface area (TPSA) is 32.3 Å². The number of halogens is 1. The van der Waals surface area contributed by atoms with Crippen molar-refractivity contribution in [1.29, 1.82) is 0 Å². The normalized spacial score (nSPS) is 15.2. The SMILES string of the molecule is CCN(C)CCCNC(=O)C(C)(CC(C)(C)C)C(C)(C)C.[Cl-]. The Morgan fingerprint density at radius 3 is 1.91 bits per heavy atom. The van der Waals surface area contributed by atoms with E-state index in [0.29, 0.717) is 0 Å². The van der Waals surface area contributed by atoms with Gasteiger partial charge in [-0.3, -0.25) is 4.79 Å². The van der Waals surface area contributed by atoms with Gasteiger partial charge in [0.15, 0.2) is 0 Å². The molecule has 0 aliphatic rings. The molecule has 134 valence electrons. The third kappa shape index (κ3) is 7.82. The first-order valence-corrected chi connectivity index (χ1v) is 8.30. The molecule has 1 amide bonds. The molecule has 0 fully saturated rings. The molecule has 0 aromatic carbocycles. The highest BCUT2D eigenvalue weighted by molar-refractivity contribution is 5.83. The van der Waals surface area contributed by atoms with Gasteiger partial charge in [0.1, 0.15) is 0 Å². The van der Waals surface area contributed by atoms with Crippen molar-refractivity contribution in [1.82, 2.24) is 10.2 Å². The third-order valence-electron chi connectivity index (χ3n) is 4.58. The van der Waals surface area contributed by atoms with Crippen LogP contribution in [0.4, 0.5) is 0 Å². The van der Waals surface area contributed by atoms with Gasteiger partial charge in [-0.1, -0.05) is 55.4 Å². The molecule has 1 atom stereocenters. The zero-order chi connectivity index (χ0) is 16.9. The monoisotopic (exact) mass is 333 g/mol. The summed E-state index contributed by atoms with van der Waals surface area (Å²) >= 11 is 0. The number of carbonyl (C=O) groups excluding carboxylic acids is 1. The zero-order valence-corrected chi connectivity index (χ0v) is 17.0. The minimum Gasteiger partial charge on any atom is -1.00 e. The van der Waals surface area contributed by atoms with E-state index in [-0.39, 0.29) is 34.6 Å². The Morgan fingerprint density at radius 2 is 1.55 bits per heavy atom. The molecule has 0 bridgehead atoms. The van der Waals surface area contributed by atoms with Crippen LogP contribution < -0.4 is 17.7 Å². The number of carbonyl (C=O) groups is 1. The highest BCUT2D eigenvalue weighted by Gasteiger charge is 2.46. The van der Waals surface area contributed by atoms with E-state index in [0.717, 1.165) is 32.5 Å². The number of nitrogens with zero attached hydrogens (tertiary/aromatic N) is 1. The summed E-state index contributed by atoms with van der Waals surface area (Å²) in [5.74, 6) is 0.198. The molecule has 4 heteroatoms. The number of nitrogens with one attached hydrogen (secondary N) is 1. The number of rotatable bonds is 7. The quantitative estimate of drug-likeness (QED) is 0.703. The van der Waals surface area contributed by atoms with E-state index in [1.54, 1.807) is 0 Å². The average molecular weight is 334 g/mol. The van der Waals surface area contributed by atoms with Crippen molar-refractivity contribution in [2.75, 3.05) is 26.7 Å². The van der Waals surface area contributed by atoms with Crippen molar-refractivity contribution < 1.29 is 17.2 Å². The van der Waals surface area contributed by atoms with Crippen LogP contribution in [-0.2, 0) is 4.79 Å². The number of hydrogen-bond acceptors (Lipinski definition) is 2. The molecule has 1 N–H and O–H groups in total. The van der Waals surface area contributed by atoms with Crippen molar-refractivity contribution in [2.24, 2.45) is 16.2 Å². The van der Waals surface area contributed by atoms with Gasteiger partial charge in [0, 0.05) is 6.54 Å². The van der Waals surface area contributed by atoms with Crippen molar-refractivity contribution in [2.45, 2.75) is 68.2 Å². The van der Waals surface area contributed by atoms with E-state index >= 15 is 0 Å². The number of hydrogen-bond donors (Lipinski definition) is 1. The molecular weight excluding hydrogens is 296 g/mol. The first-order valence-electron chi connectivity index (χ1n) is 8.30. The molecular formula is C18H38ClN2O-. The summed E-state index contributed by atoms with van der Waals surface area (Å²) in [7, 11) is 2.11. The van der Waals surface area contributed by atoms with E-state index in [1.165, 1.54) is 0 Å². The minimum absolute atomic E-state index is 0. The second kappa shape index (κ2) is 9.12. The zero-order valence-electron chi connectivity index (χ0n) is 16.3. The Morgan fingerprint density at radius 1 is 1.05 bits per heavy atom. The Balaban J connectivity index is 0. The van der Waals surface area contributed by atoms with Gasteiger partial charge in [0.05, 0.1) is 5.41 Å². The van der Waals surface area contributed by atoms with Crippen molar-refractivity contribution in [3.63, 3.8) is 0 Å². The summed E-state index contributed by atoms with van der Waals surface area (Å²) in [4.78, 5) is 15.0. The molecule has 1 unspecified atom stereocenters. The van der Waals surface area contributed by atoms with Crippen molar-refractivity contribution in [3.8, 4) is 0 Å². The lowest BCUT2D eigenvalue weighted by Gasteiger charge is -2.44. The summed E-state index contributed by atoms with van der Waals surface area (Å²) in [5, 5.41) is 3.17. The highest BCUT2D eigenvalue weighted by atomic mass is 35.5. The summed E-state index contributed by atoms with van der Waals surface area (Å²) in [6, 6.07) is 0. The molecule has 22 heavy (non-hydrogen) atoms. The fraction of sp³-hybridized carbons (Fsp3) is 0.944. The average Bonchev–Trinajstić information content (AvgIpc) is 2.30. The summed E-state index contributed by atoms with van der Waals surface area (Å²) < 4.78 is 0. The van der Waals surface area contributed by atoms with Crippen LogP contribution in [0.5, 0.6) is 0 Å². The summed E-state index contributed by atoms with van der Waals surface area (Å²) in [5.41, 5.74) is -0.256. The predicted octanol–water partition coefficient (Wildman–Crippen LogP) is 0.937. The molecule has 0 aromatic rings. The van der Waals surface area contributed by atoms with Crippen LogP contribution in [-0.4, -0.2) is 37.5 Å². The first-order chi connectivity index (χ1) is 9.33. The van der Waals surface area contributed by atoms with Gasteiger partial charge in [-0.05, 0) is 43.8 Å². The molecule has 0 rings (SSSR count). The van der Waals surface area contributed by atoms with E-state index in [4.69, 9.17) is 0 Å². The lowest BCUT2D eigenvalue weighted by molar-refractivity contribution is -0.138. The van der Waals surface area contributed by atoms with E-state index in [9.17, 15) is 4.79 Å². The van der Waals surface area contributed by atoms with Crippen LogP contribution in [0.1, 0.15) is 68.2 Å². The highest BCUT2D eigenvalue weighted by Crippen LogP contribution is 2.46. The lowest BCUT2D eigenvalue weighted by Crippen LogP contribution is -3.00. The molecule has 0 aromatic heterocycles. The maximum atomic E-state index is 12.8. The Hall–Kier alpha value is -0.280. The van der Waals surface area contributed by atoms with E-state index in [2.05, 4.69) is 72.7 Å². The van der Waals surface area contributed by atoms with Gasteiger partial charge in [0.2, 0.25) is 5.91 Å². The Kier molecular flexibility index (Phi) is 9.94. The van der Waals surface area contributed by atoms with Crippen LogP contribution in [0.2, 0.25) is 0 Å². The van der Waals surface area contributed by atoms with Crippen LogP contribution in [0, 0.1) is 16.2 Å². The fourth-order valence-corrected chi connectivity index (χ4v) is 2.65. The first kappa shape index (κ1) is 24.0. The molecule has 0 spiro atoms. The minimum atomic E-state index is -0.345.